The molecule has 5 nitrogen and oxygen atoms in total. The maximum absolute atomic E-state index is 12.5. The molecule has 0 fully saturated rings. The lowest BCUT2D eigenvalue weighted by atomic mass is 10.1. The van der Waals surface area contributed by atoms with Crippen molar-refractivity contribution in [1.82, 2.24) is 10.3 Å². The van der Waals surface area contributed by atoms with Crippen LogP contribution in [-0.2, 0) is 15.8 Å². The lowest BCUT2D eigenvalue weighted by Crippen LogP contribution is -2.34. The number of benzene rings is 1. The molecule has 0 radical (unpaired) electrons. The average molecular weight is 397 g/mol. The number of thioether (sulfide) groups is 1. The molecule has 0 aliphatic carbocycles. The summed E-state index contributed by atoms with van der Waals surface area (Å²) in [5, 5.41) is 5.51. The Morgan fingerprint density at radius 1 is 1.07 bits per heavy atom. The van der Waals surface area contributed by atoms with E-state index in [4.69, 9.17) is 0 Å². The number of alkyl halides is 3. The molecule has 0 atom stereocenters. The Labute approximate surface area is 158 Å². The number of para-hydroxylation sites is 1. The number of anilines is 1. The molecular formula is C18H18F3N3O2S. The molecule has 2 aromatic rings. The first kappa shape index (κ1) is 20.8. The summed E-state index contributed by atoms with van der Waals surface area (Å²) in [5.74, 6) is -0.841. The fraction of sp³-hybridized carbons (Fsp3) is 0.278. The molecule has 0 spiro atoms. The first-order valence-corrected chi connectivity index (χ1v) is 8.94. The predicted octanol–water partition coefficient (Wildman–Crippen LogP) is 3.56. The van der Waals surface area contributed by atoms with Crippen molar-refractivity contribution in [2.75, 3.05) is 17.6 Å². The summed E-state index contributed by atoms with van der Waals surface area (Å²) in [6.45, 7) is 3.54. The third-order valence-corrected chi connectivity index (χ3v) is 4.55. The third-order valence-electron chi connectivity index (χ3n) is 3.61. The van der Waals surface area contributed by atoms with E-state index >= 15 is 0 Å². The van der Waals surface area contributed by atoms with Gasteiger partial charge in [-0.05, 0) is 37.1 Å². The van der Waals surface area contributed by atoms with E-state index in [0.717, 1.165) is 35.2 Å². The van der Waals surface area contributed by atoms with Crippen LogP contribution in [0, 0.1) is 13.8 Å². The van der Waals surface area contributed by atoms with Crippen LogP contribution in [0.2, 0.25) is 0 Å². The van der Waals surface area contributed by atoms with E-state index in [1.807, 2.05) is 32.0 Å². The first-order valence-electron chi connectivity index (χ1n) is 7.95. The van der Waals surface area contributed by atoms with Gasteiger partial charge in [0.2, 0.25) is 11.8 Å². The van der Waals surface area contributed by atoms with Crippen LogP contribution in [0.25, 0.3) is 0 Å². The van der Waals surface area contributed by atoms with Gasteiger partial charge in [0.1, 0.15) is 0 Å². The summed E-state index contributed by atoms with van der Waals surface area (Å²) in [7, 11) is 0. The van der Waals surface area contributed by atoms with Gasteiger partial charge < -0.3 is 10.6 Å². The van der Waals surface area contributed by atoms with Crippen LogP contribution in [0.3, 0.4) is 0 Å². The molecule has 1 aromatic carbocycles. The predicted molar refractivity (Wildman–Crippen MR) is 97.5 cm³/mol. The largest absolute Gasteiger partial charge is 0.417 e. The number of halogens is 3. The Bertz CT molecular complexity index is 803. The highest BCUT2D eigenvalue weighted by Gasteiger charge is 2.30. The van der Waals surface area contributed by atoms with Crippen molar-refractivity contribution >= 4 is 29.3 Å². The number of carbonyl (C=O) groups excluding carboxylic acids is 2. The molecule has 2 N–H and O–H groups in total. The molecule has 2 rings (SSSR count). The van der Waals surface area contributed by atoms with Gasteiger partial charge in [-0.3, -0.25) is 9.59 Å². The highest BCUT2D eigenvalue weighted by atomic mass is 32.2. The normalized spacial score (nSPS) is 11.1. The number of carbonyl (C=O) groups is 2. The van der Waals surface area contributed by atoms with Gasteiger partial charge in [-0.2, -0.15) is 13.2 Å². The van der Waals surface area contributed by atoms with Crippen LogP contribution in [-0.4, -0.2) is 29.1 Å². The Kier molecular flexibility index (Phi) is 6.84. The van der Waals surface area contributed by atoms with Gasteiger partial charge in [0.05, 0.1) is 22.9 Å². The van der Waals surface area contributed by atoms with Gasteiger partial charge >= 0.3 is 6.18 Å². The standard InChI is InChI=1S/C18H18F3N3O2S/c1-11-4-3-5-12(2)17(11)24-14(25)9-22-15(26)10-27-16-7-6-13(8-23-16)18(19,20)21/h3-8H,9-10H2,1-2H3,(H,22,26)(H,24,25). The minimum Gasteiger partial charge on any atom is -0.346 e. The maximum Gasteiger partial charge on any atom is 0.417 e. The Hall–Kier alpha value is -2.55. The third kappa shape index (κ3) is 6.28. The van der Waals surface area contributed by atoms with Crippen LogP contribution in [0.1, 0.15) is 16.7 Å². The van der Waals surface area contributed by atoms with E-state index in [0.29, 0.717) is 5.69 Å². The van der Waals surface area contributed by atoms with Gasteiger partial charge in [-0.25, -0.2) is 4.98 Å². The van der Waals surface area contributed by atoms with Gasteiger partial charge in [-0.1, -0.05) is 30.0 Å². The van der Waals surface area contributed by atoms with Crippen molar-refractivity contribution in [3.05, 3.63) is 53.2 Å². The molecule has 1 aromatic heterocycles. The summed E-state index contributed by atoms with van der Waals surface area (Å²) in [6, 6.07) is 7.73. The molecular weight excluding hydrogens is 379 g/mol. The summed E-state index contributed by atoms with van der Waals surface area (Å²) >= 11 is 0.986. The maximum atomic E-state index is 12.5. The minimum absolute atomic E-state index is 0.0605. The van der Waals surface area contributed by atoms with Crippen molar-refractivity contribution in [2.24, 2.45) is 0 Å². The lowest BCUT2D eigenvalue weighted by molar-refractivity contribution is -0.137. The van der Waals surface area contributed by atoms with Crippen molar-refractivity contribution < 1.29 is 22.8 Å². The summed E-state index contributed by atoms with van der Waals surface area (Å²) in [6.07, 6.45) is -3.73. The molecule has 0 bridgehead atoms. The van der Waals surface area contributed by atoms with E-state index < -0.39 is 17.6 Å². The molecule has 0 saturated carbocycles. The van der Waals surface area contributed by atoms with E-state index in [9.17, 15) is 22.8 Å². The van der Waals surface area contributed by atoms with Crippen LogP contribution in [0.5, 0.6) is 0 Å². The molecule has 144 valence electrons. The lowest BCUT2D eigenvalue weighted by Gasteiger charge is -2.12. The second-order valence-corrected chi connectivity index (χ2v) is 6.76. The van der Waals surface area contributed by atoms with Crippen LogP contribution in [0.15, 0.2) is 41.6 Å². The minimum atomic E-state index is -4.45. The summed E-state index contributed by atoms with van der Waals surface area (Å²) in [4.78, 5) is 27.5. The molecule has 9 heteroatoms. The molecule has 0 saturated heterocycles. The fourth-order valence-electron chi connectivity index (χ4n) is 2.20. The number of amides is 2. The number of aryl methyl sites for hydroxylation is 2. The Morgan fingerprint density at radius 2 is 1.74 bits per heavy atom. The quantitative estimate of drug-likeness (QED) is 0.731. The smallest absolute Gasteiger partial charge is 0.346 e. The van der Waals surface area contributed by atoms with E-state index in [-0.39, 0.29) is 23.2 Å². The monoisotopic (exact) mass is 397 g/mol. The molecule has 27 heavy (non-hydrogen) atoms. The van der Waals surface area contributed by atoms with Crippen LogP contribution in [0.4, 0.5) is 18.9 Å². The summed E-state index contributed by atoms with van der Waals surface area (Å²) < 4.78 is 37.4. The van der Waals surface area contributed by atoms with Crippen LogP contribution >= 0.6 is 11.8 Å². The van der Waals surface area contributed by atoms with Crippen molar-refractivity contribution in [3.63, 3.8) is 0 Å². The summed E-state index contributed by atoms with van der Waals surface area (Å²) in [5.41, 5.74) is 1.69. The number of nitrogens with one attached hydrogen (secondary N) is 2. The average Bonchev–Trinajstić information content (AvgIpc) is 2.61. The van der Waals surface area contributed by atoms with Crippen molar-refractivity contribution in [1.29, 1.82) is 0 Å². The SMILES string of the molecule is Cc1cccc(C)c1NC(=O)CNC(=O)CSc1ccc(C(F)(F)F)cn1. The zero-order valence-corrected chi connectivity index (χ0v) is 15.5. The fourth-order valence-corrected chi connectivity index (χ4v) is 2.87. The highest BCUT2D eigenvalue weighted by Crippen LogP contribution is 2.29. The van der Waals surface area contributed by atoms with Gasteiger partial charge in [0, 0.05) is 11.9 Å². The number of hydrogen-bond donors (Lipinski definition) is 2. The number of aromatic nitrogens is 1. The number of rotatable bonds is 6. The van der Waals surface area contributed by atoms with Gasteiger partial charge in [0.25, 0.3) is 0 Å². The zero-order chi connectivity index (χ0) is 20.0. The second kappa shape index (κ2) is 8.90. The molecule has 0 aliphatic heterocycles. The van der Waals surface area contributed by atoms with E-state index in [1.54, 1.807) is 0 Å². The van der Waals surface area contributed by atoms with Crippen LogP contribution < -0.4 is 10.6 Å². The zero-order valence-electron chi connectivity index (χ0n) is 14.7. The number of nitrogens with zero attached hydrogens (tertiary/aromatic N) is 1. The number of hydrogen-bond acceptors (Lipinski definition) is 4. The Balaban J connectivity index is 1.78. The second-order valence-electron chi connectivity index (χ2n) is 5.76. The first-order chi connectivity index (χ1) is 12.7. The van der Waals surface area contributed by atoms with Gasteiger partial charge in [-0.15, -0.1) is 0 Å². The molecule has 2 amide bonds. The van der Waals surface area contributed by atoms with E-state index in [2.05, 4.69) is 15.6 Å². The van der Waals surface area contributed by atoms with Crippen molar-refractivity contribution in [2.45, 2.75) is 25.0 Å². The topological polar surface area (TPSA) is 71.1 Å². The highest BCUT2D eigenvalue weighted by molar-refractivity contribution is 7.99. The van der Waals surface area contributed by atoms with E-state index in [1.165, 1.54) is 6.07 Å². The molecule has 0 unspecified atom stereocenters. The van der Waals surface area contributed by atoms with Gasteiger partial charge in [0.15, 0.2) is 0 Å². The Morgan fingerprint density at radius 3 is 2.30 bits per heavy atom. The molecule has 0 aliphatic rings. The molecule has 1 heterocycles. The van der Waals surface area contributed by atoms with Crippen molar-refractivity contribution in [3.8, 4) is 0 Å². The number of pyridine rings is 1.